The Balaban J connectivity index is 2.09. The topological polar surface area (TPSA) is 78.8 Å². The van der Waals surface area contributed by atoms with Crippen molar-refractivity contribution >= 4 is 5.91 Å². The molecule has 0 aromatic heterocycles. The Labute approximate surface area is 116 Å². The molecule has 20 heavy (non-hydrogen) atoms. The van der Waals surface area contributed by atoms with Crippen molar-refractivity contribution in [3.63, 3.8) is 0 Å². The van der Waals surface area contributed by atoms with E-state index in [-0.39, 0.29) is 11.7 Å². The number of carbonyl (C=O) groups excluding carboxylic acids is 1. The molecular weight excluding hydrogens is 265 g/mol. The molecule has 1 amide bonds. The van der Waals surface area contributed by atoms with Gasteiger partial charge in [0.05, 0.1) is 17.7 Å². The number of methoxy groups -OCH3 is 1. The average molecular weight is 283 g/mol. The van der Waals surface area contributed by atoms with Crippen molar-refractivity contribution in [2.75, 3.05) is 7.11 Å². The van der Waals surface area contributed by atoms with E-state index in [9.17, 15) is 19.4 Å². The van der Waals surface area contributed by atoms with Gasteiger partial charge in [0.2, 0.25) is 0 Å². The van der Waals surface area contributed by atoms with Crippen LogP contribution < -0.4 is 5.32 Å². The summed E-state index contributed by atoms with van der Waals surface area (Å²) in [5, 5.41) is 22.2. The van der Waals surface area contributed by atoms with Crippen LogP contribution in [0.4, 0.5) is 4.39 Å². The maximum Gasteiger partial charge on any atom is 0.255 e. The van der Waals surface area contributed by atoms with E-state index in [1.807, 2.05) is 0 Å². The summed E-state index contributed by atoms with van der Waals surface area (Å²) in [5.74, 6) is -2.14. The number of ether oxygens (including phenoxy) is 1. The summed E-state index contributed by atoms with van der Waals surface area (Å²) in [5.41, 5.74) is -0.142. The first-order valence-corrected chi connectivity index (χ1v) is 6.53. The van der Waals surface area contributed by atoms with Crippen LogP contribution >= 0.6 is 0 Å². The molecule has 3 N–H and O–H groups in total. The van der Waals surface area contributed by atoms with E-state index >= 15 is 0 Å². The number of hydrogen-bond acceptors (Lipinski definition) is 4. The van der Waals surface area contributed by atoms with E-state index in [0.717, 1.165) is 18.9 Å². The number of aliphatic hydroxyl groups excluding tert-OH is 1. The molecule has 1 saturated carbocycles. The molecule has 1 aromatic rings. The molecule has 6 heteroatoms. The predicted molar refractivity (Wildman–Crippen MR) is 70.0 cm³/mol. The molecular formula is C14H18FNO4. The van der Waals surface area contributed by atoms with Crippen LogP contribution in [0, 0.1) is 5.82 Å². The van der Waals surface area contributed by atoms with Crippen molar-refractivity contribution in [2.45, 2.75) is 37.5 Å². The number of amides is 1. The van der Waals surface area contributed by atoms with Crippen LogP contribution in [0.1, 0.15) is 29.6 Å². The summed E-state index contributed by atoms with van der Waals surface area (Å²) >= 11 is 0. The third kappa shape index (κ3) is 2.91. The van der Waals surface area contributed by atoms with Crippen molar-refractivity contribution in [3.8, 4) is 5.75 Å². The number of aromatic hydroxyl groups is 1. The number of phenolic OH excluding ortho intramolecular Hbond substituents is 1. The maximum atomic E-state index is 13.2. The molecule has 1 aliphatic carbocycles. The van der Waals surface area contributed by atoms with Crippen molar-refractivity contribution in [2.24, 2.45) is 0 Å². The number of para-hydroxylation sites is 1. The number of halogens is 1. The lowest BCUT2D eigenvalue weighted by Gasteiger charge is -2.34. The Morgan fingerprint density at radius 2 is 2.20 bits per heavy atom. The van der Waals surface area contributed by atoms with Crippen molar-refractivity contribution in [3.05, 3.63) is 29.6 Å². The molecule has 2 rings (SSSR count). The molecule has 1 aliphatic rings. The maximum absolute atomic E-state index is 13.2. The summed E-state index contributed by atoms with van der Waals surface area (Å²) in [4.78, 5) is 12.0. The Kier molecular flexibility index (Phi) is 4.57. The number of nitrogens with one attached hydrogen (secondary N) is 1. The zero-order valence-corrected chi connectivity index (χ0v) is 11.2. The van der Waals surface area contributed by atoms with Crippen LogP contribution in [0.5, 0.6) is 5.75 Å². The Morgan fingerprint density at radius 3 is 2.90 bits per heavy atom. The van der Waals surface area contributed by atoms with Gasteiger partial charge in [0.15, 0.2) is 11.6 Å². The Bertz CT molecular complexity index is 494. The molecule has 5 nitrogen and oxygen atoms in total. The Morgan fingerprint density at radius 1 is 1.45 bits per heavy atom. The summed E-state index contributed by atoms with van der Waals surface area (Å²) in [6.07, 6.45) is 1.02. The van der Waals surface area contributed by atoms with Gasteiger partial charge in [-0.25, -0.2) is 4.39 Å². The van der Waals surface area contributed by atoms with Gasteiger partial charge in [0.25, 0.3) is 5.91 Å². The fraction of sp³-hybridized carbons (Fsp3) is 0.500. The van der Waals surface area contributed by atoms with E-state index in [2.05, 4.69) is 5.32 Å². The number of rotatable bonds is 3. The fourth-order valence-electron chi connectivity index (χ4n) is 2.50. The molecule has 3 atom stereocenters. The number of carbonyl (C=O) groups is 1. The summed E-state index contributed by atoms with van der Waals surface area (Å²) in [6, 6.07) is 3.28. The number of hydrogen-bond donors (Lipinski definition) is 3. The first-order valence-electron chi connectivity index (χ1n) is 6.53. The third-order valence-corrected chi connectivity index (χ3v) is 3.65. The minimum atomic E-state index is -0.850. The van der Waals surface area contributed by atoms with Crippen LogP contribution in [0.3, 0.4) is 0 Å². The van der Waals surface area contributed by atoms with Gasteiger partial charge in [-0.3, -0.25) is 4.79 Å². The predicted octanol–water partition coefficient (Wildman–Crippen LogP) is 1.19. The highest BCUT2D eigenvalue weighted by atomic mass is 19.1. The number of aliphatic hydroxyl groups is 1. The fourth-order valence-corrected chi connectivity index (χ4v) is 2.50. The van der Waals surface area contributed by atoms with E-state index < -0.39 is 29.6 Å². The average Bonchev–Trinajstić information content (AvgIpc) is 2.44. The summed E-state index contributed by atoms with van der Waals surface area (Å²) in [7, 11) is 1.51. The van der Waals surface area contributed by atoms with E-state index in [1.54, 1.807) is 0 Å². The minimum absolute atomic E-state index is 0.142. The molecule has 1 aromatic carbocycles. The van der Waals surface area contributed by atoms with Gasteiger partial charge >= 0.3 is 0 Å². The Hall–Kier alpha value is -1.66. The molecule has 110 valence electrons. The standard InChI is InChI=1S/C14H18FNO4/c1-20-11-7-3-6-10(13(11)18)16-14(19)8-4-2-5-9(15)12(8)17/h2,4-5,10-11,13,17-18H,3,6-7H2,1H3,(H,16,19)/t10-,11-,13-/m1/s1. The molecule has 0 heterocycles. The number of benzene rings is 1. The molecule has 0 aliphatic heterocycles. The molecule has 1 fully saturated rings. The monoisotopic (exact) mass is 283 g/mol. The SMILES string of the molecule is CO[C@@H]1CCC[C@@H](NC(=O)c2cccc(F)c2O)[C@H]1O. The molecule has 0 spiro atoms. The van der Waals surface area contributed by atoms with E-state index in [4.69, 9.17) is 4.74 Å². The smallest absolute Gasteiger partial charge is 0.255 e. The van der Waals surface area contributed by atoms with Gasteiger partial charge in [-0.05, 0) is 31.4 Å². The second-order valence-corrected chi connectivity index (χ2v) is 4.91. The summed E-state index contributed by atoms with van der Waals surface area (Å²) in [6.45, 7) is 0. The van der Waals surface area contributed by atoms with Crippen LogP contribution in [0.15, 0.2) is 18.2 Å². The van der Waals surface area contributed by atoms with E-state index in [1.165, 1.54) is 19.2 Å². The largest absolute Gasteiger partial charge is 0.504 e. The highest BCUT2D eigenvalue weighted by Gasteiger charge is 2.33. The lowest BCUT2D eigenvalue weighted by molar-refractivity contribution is -0.0513. The van der Waals surface area contributed by atoms with Gasteiger partial charge < -0.3 is 20.3 Å². The molecule has 0 radical (unpaired) electrons. The highest BCUT2D eigenvalue weighted by molar-refractivity contribution is 5.97. The van der Waals surface area contributed by atoms with Gasteiger partial charge in [0, 0.05) is 7.11 Å². The van der Waals surface area contributed by atoms with Crippen molar-refractivity contribution in [1.29, 1.82) is 0 Å². The number of phenols is 1. The van der Waals surface area contributed by atoms with Gasteiger partial charge in [-0.15, -0.1) is 0 Å². The minimum Gasteiger partial charge on any atom is -0.504 e. The van der Waals surface area contributed by atoms with Crippen LogP contribution in [-0.4, -0.2) is 41.5 Å². The first-order chi connectivity index (χ1) is 9.54. The molecule has 0 unspecified atom stereocenters. The zero-order valence-electron chi connectivity index (χ0n) is 11.2. The normalized spacial score (nSPS) is 26.2. The highest BCUT2D eigenvalue weighted by Crippen LogP contribution is 2.24. The van der Waals surface area contributed by atoms with Gasteiger partial charge in [0.1, 0.15) is 6.10 Å². The molecule has 0 saturated heterocycles. The second-order valence-electron chi connectivity index (χ2n) is 4.91. The summed E-state index contributed by atoms with van der Waals surface area (Å²) < 4.78 is 18.4. The molecule has 0 bridgehead atoms. The zero-order chi connectivity index (χ0) is 14.7. The lowest BCUT2D eigenvalue weighted by atomic mass is 9.89. The van der Waals surface area contributed by atoms with Gasteiger partial charge in [-0.1, -0.05) is 6.07 Å². The third-order valence-electron chi connectivity index (χ3n) is 3.65. The van der Waals surface area contributed by atoms with E-state index in [0.29, 0.717) is 6.42 Å². The lowest BCUT2D eigenvalue weighted by Crippen LogP contribution is -2.51. The quantitative estimate of drug-likeness (QED) is 0.778. The van der Waals surface area contributed by atoms with Crippen molar-refractivity contribution in [1.82, 2.24) is 5.32 Å². The van der Waals surface area contributed by atoms with Crippen LogP contribution in [0.25, 0.3) is 0 Å². The first kappa shape index (κ1) is 14.7. The van der Waals surface area contributed by atoms with Crippen LogP contribution in [0.2, 0.25) is 0 Å². The second kappa shape index (κ2) is 6.19. The van der Waals surface area contributed by atoms with Crippen molar-refractivity contribution < 1.29 is 24.1 Å². The van der Waals surface area contributed by atoms with Crippen LogP contribution in [-0.2, 0) is 4.74 Å². The van der Waals surface area contributed by atoms with Gasteiger partial charge in [-0.2, -0.15) is 0 Å².